The van der Waals surface area contributed by atoms with Crippen LogP contribution in [0.5, 0.6) is 0 Å². The Morgan fingerprint density at radius 1 is 0.195 bits per heavy atom. The van der Waals surface area contributed by atoms with Crippen LogP contribution in [0.25, 0.3) is 239 Å². The van der Waals surface area contributed by atoms with Crippen LogP contribution in [-0.4, -0.2) is 38.2 Å². The summed E-state index contributed by atoms with van der Waals surface area (Å²) in [6, 6.07) is 140. The van der Waals surface area contributed by atoms with Crippen LogP contribution in [0.2, 0.25) is 0 Å². The van der Waals surface area contributed by atoms with E-state index in [2.05, 4.69) is 407 Å². The van der Waals surface area contributed by atoms with Crippen LogP contribution >= 0.6 is 22.7 Å². The molecule has 8 heterocycles. The van der Waals surface area contributed by atoms with Crippen molar-refractivity contribution in [2.75, 3.05) is 0 Å². The molecule has 0 radical (unpaired) electrons. The average Bonchev–Trinajstić information content (AvgIpc) is 1.55. The minimum Gasteiger partial charge on any atom is -0.309 e. The summed E-state index contributed by atoms with van der Waals surface area (Å²) in [7, 11) is 0. The molecule has 26 rings (SSSR count). The first-order chi connectivity index (χ1) is 58.5. The van der Waals surface area contributed by atoms with Gasteiger partial charge in [-0.15, -0.1) is 22.7 Å². The van der Waals surface area contributed by atoms with E-state index in [0.29, 0.717) is 0 Å². The fourth-order valence-corrected chi connectivity index (χ4v) is 21.3. The van der Waals surface area contributed by atoms with Gasteiger partial charge in [-0.3, -0.25) is 0 Å². The summed E-state index contributed by atoms with van der Waals surface area (Å²) in [4.78, 5) is 21.9. The molecule has 10 heteroatoms. The average molecular weight is 1540 g/mol. The Morgan fingerprint density at radius 3 is 1.06 bits per heavy atom. The van der Waals surface area contributed by atoms with E-state index >= 15 is 0 Å². The lowest BCUT2D eigenvalue weighted by Gasteiger charge is -2.13. The van der Waals surface area contributed by atoms with Crippen molar-refractivity contribution < 1.29 is 0 Å². The van der Waals surface area contributed by atoms with Gasteiger partial charge in [-0.1, -0.05) is 267 Å². The molecule has 0 amide bonds. The maximum atomic E-state index is 5.55. The Morgan fingerprint density at radius 2 is 0.559 bits per heavy atom. The van der Waals surface area contributed by atoms with Crippen molar-refractivity contribution in [3.63, 3.8) is 0 Å². The lowest BCUT2D eigenvalue weighted by Crippen LogP contribution is -1.97. The van der Waals surface area contributed by atoms with Gasteiger partial charge in [0.1, 0.15) is 0 Å². The standard InChI is InChI=1S/2C54H32N4S/c1-3-15-33(16-4-1)51-53-52(41-24-12-14-26-49(41)59-53)56-54(55-51)43-32-48-50(40-23-10-9-21-38(40)43)44-31-37(27-28-46(44)57(48)36-19-5-2-6-20-36)58-45-25-13-11-22-39(45)42-29-34-17-7-8-18-35(34)30-47(42)58;1-2-16-36(17-3-1)57-47-29-28-37(58-45-23-11-8-19-39(45)40-20-9-12-24-46(40)58)31-44(47)50-41-21-7-6-18-38(41)43(32-48(50)57)54-55-51(35-27-26-33-14-4-5-15-34(33)30-35)53-52(56-54)42-22-10-13-25-49(42)59-53/h2*1-32H. The van der Waals surface area contributed by atoms with Gasteiger partial charge in [0.25, 0.3) is 0 Å². The number of fused-ring (bicyclic) bond motifs is 24. The highest BCUT2D eigenvalue weighted by atomic mass is 32.1. The largest absolute Gasteiger partial charge is 0.309 e. The number of benzene rings is 18. The summed E-state index contributed by atoms with van der Waals surface area (Å²) in [5, 5.41) is 21.6. The second-order valence-electron chi connectivity index (χ2n) is 30.7. The molecule has 0 fully saturated rings. The normalized spacial score (nSPS) is 12.1. The summed E-state index contributed by atoms with van der Waals surface area (Å²) in [5.41, 5.74) is 21.9. The molecule has 0 aliphatic rings. The van der Waals surface area contributed by atoms with Crippen LogP contribution in [0.15, 0.2) is 388 Å². The number of hydrogen-bond donors (Lipinski definition) is 0. The van der Waals surface area contributed by atoms with E-state index < -0.39 is 0 Å². The molecule has 26 aromatic rings. The van der Waals surface area contributed by atoms with Crippen molar-refractivity contribution in [3.05, 3.63) is 388 Å². The van der Waals surface area contributed by atoms with Gasteiger partial charge in [-0.2, -0.15) is 0 Å². The van der Waals surface area contributed by atoms with Gasteiger partial charge in [0.2, 0.25) is 0 Å². The number of nitrogens with zero attached hydrogens (tertiary/aromatic N) is 8. The molecule has 0 aliphatic carbocycles. The number of para-hydroxylation sites is 5. The highest BCUT2D eigenvalue weighted by Crippen LogP contribution is 2.49. The lowest BCUT2D eigenvalue weighted by molar-refractivity contribution is 1.16. The van der Waals surface area contributed by atoms with Crippen molar-refractivity contribution in [2.45, 2.75) is 0 Å². The molecule has 0 unspecified atom stereocenters. The van der Waals surface area contributed by atoms with E-state index in [-0.39, 0.29) is 0 Å². The van der Waals surface area contributed by atoms with Crippen molar-refractivity contribution in [1.29, 1.82) is 0 Å². The molecular weight excluding hydrogens is 1470 g/mol. The first-order valence-electron chi connectivity index (χ1n) is 40.0. The minimum absolute atomic E-state index is 0.721. The van der Waals surface area contributed by atoms with Gasteiger partial charge in [-0.05, 0) is 164 Å². The summed E-state index contributed by atoms with van der Waals surface area (Å²) < 4.78 is 14.3. The minimum atomic E-state index is 0.721. The molecule has 0 N–H and O–H groups in total. The first kappa shape index (κ1) is 66.3. The Labute approximate surface area is 683 Å². The highest BCUT2D eigenvalue weighted by molar-refractivity contribution is 7.26. The van der Waals surface area contributed by atoms with E-state index in [1.165, 1.54) is 107 Å². The molecule has 0 saturated heterocycles. The molecule has 0 spiro atoms. The third kappa shape index (κ3) is 10.1. The van der Waals surface area contributed by atoms with Crippen molar-refractivity contribution in [2.24, 2.45) is 0 Å². The van der Waals surface area contributed by atoms with Gasteiger partial charge >= 0.3 is 0 Å². The Balaban J connectivity index is 0.000000131. The summed E-state index contributed by atoms with van der Waals surface area (Å²) >= 11 is 3.54. The zero-order valence-corrected chi connectivity index (χ0v) is 65.0. The quantitative estimate of drug-likeness (QED) is 0.152. The summed E-state index contributed by atoms with van der Waals surface area (Å²) in [6.07, 6.45) is 0. The second-order valence-corrected chi connectivity index (χ2v) is 32.8. The molecule has 8 aromatic heterocycles. The summed E-state index contributed by atoms with van der Waals surface area (Å²) in [5.74, 6) is 1.44. The van der Waals surface area contributed by atoms with Crippen molar-refractivity contribution in [1.82, 2.24) is 38.2 Å². The molecule has 0 atom stereocenters. The van der Waals surface area contributed by atoms with Crippen LogP contribution in [0.4, 0.5) is 0 Å². The monoisotopic (exact) mass is 1540 g/mol. The van der Waals surface area contributed by atoms with E-state index in [4.69, 9.17) is 19.9 Å². The molecule has 0 saturated carbocycles. The SMILES string of the molecule is c1ccc(-c2nc(-c3cc4c(c5ccccc35)c3cc(-n5c6ccccc6c6cc7ccccc7cc65)ccc3n4-c3ccccc3)nc3c2sc2ccccc23)cc1.c1ccc(-n2c3ccc(-n4c5ccccc5c5ccccc54)cc3c3c4ccccc4c(-c4nc(-c5ccc6ccccc6c5)c5sc6ccccc6c5n4)cc32)cc1. The van der Waals surface area contributed by atoms with Crippen LogP contribution in [0.3, 0.4) is 0 Å². The Hall–Kier alpha value is -15.2. The molecule has 18 aromatic carbocycles. The number of rotatable bonds is 8. The van der Waals surface area contributed by atoms with Crippen LogP contribution in [0, 0.1) is 0 Å². The highest BCUT2D eigenvalue weighted by Gasteiger charge is 2.27. The number of aromatic nitrogens is 8. The second kappa shape index (κ2) is 26.2. The third-order valence-corrected chi connectivity index (χ3v) is 26.5. The van der Waals surface area contributed by atoms with Gasteiger partial charge < -0.3 is 18.3 Å². The fraction of sp³-hybridized carbons (Fsp3) is 0. The number of thiophene rings is 2. The molecule has 0 aliphatic heterocycles. The van der Waals surface area contributed by atoms with Crippen LogP contribution < -0.4 is 0 Å². The van der Waals surface area contributed by atoms with Crippen LogP contribution in [0.1, 0.15) is 0 Å². The fourth-order valence-electron chi connectivity index (χ4n) is 19.0. The van der Waals surface area contributed by atoms with Crippen molar-refractivity contribution in [3.8, 4) is 68.0 Å². The number of hydrogen-bond acceptors (Lipinski definition) is 6. The first-order valence-corrected chi connectivity index (χ1v) is 41.6. The van der Waals surface area contributed by atoms with Crippen LogP contribution in [-0.2, 0) is 0 Å². The van der Waals surface area contributed by atoms with E-state index in [0.717, 1.165) is 132 Å². The van der Waals surface area contributed by atoms with Gasteiger partial charge in [0.05, 0.1) is 76.0 Å². The zero-order valence-electron chi connectivity index (χ0n) is 63.3. The Bertz CT molecular complexity index is 8650. The van der Waals surface area contributed by atoms with Gasteiger partial charge in [-0.25, -0.2) is 19.9 Å². The predicted octanol–water partition coefficient (Wildman–Crippen LogP) is 29.4. The van der Waals surface area contributed by atoms with E-state index in [9.17, 15) is 0 Å². The van der Waals surface area contributed by atoms with E-state index in [1.54, 1.807) is 22.7 Å². The Kier molecular flexibility index (Phi) is 14.7. The third-order valence-electron chi connectivity index (χ3n) is 24.2. The lowest BCUT2D eigenvalue weighted by atomic mass is 9.98. The molecule has 0 bridgehead atoms. The molecule has 548 valence electrons. The molecule has 8 nitrogen and oxygen atoms in total. The molecule has 118 heavy (non-hydrogen) atoms. The zero-order chi connectivity index (χ0) is 77.2. The van der Waals surface area contributed by atoms with Gasteiger partial charge in [0, 0.05) is 108 Å². The maximum absolute atomic E-state index is 5.55. The topological polar surface area (TPSA) is 71.3 Å². The molecular formula is C108H64N8S2. The predicted molar refractivity (Wildman–Crippen MR) is 499 cm³/mol. The summed E-state index contributed by atoms with van der Waals surface area (Å²) in [6.45, 7) is 0. The maximum Gasteiger partial charge on any atom is 0.161 e. The van der Waals surface area contributed by atoms with Gasteiger partial charge in [0.15, 0.2) is 11.6 Å². The smallest absolute Gasteiger partial charge is 0.161 e. The van der Waals surface area contributed by atoms with E-state index in [1.807, 2.05) is 0 Å². The van der Waals surface area contributed by atoms with Crippen molar-refractivity contribution >= 4 is 194 Å².